The lowest BCUT2D eigenvalue weighted by molar-refractivity contribution is 0.107. The Hall–Kier alpha value is -0.433. The number of rotatable bonds is 11. The molecule has 0 bridgehead atoms. The van der Waals surface area contributed by atoms with Crippen molar-refractivity contribution in [3.63, 3.8) is 0 Å². The van der Waals surface area contributed by atoms with Gasteiger partial charge in [-0.1, -0.05) is 44.2 Å². The average molecular weight is 362 g/mol. The van der Waals surface area contributed by atoms with E-state index >= 15 is 0 Å². The van der Waals surface area contributed by atoms with Gasteiger partial charge in [-0.15, -0.1) is 12.4 Å². The fraction of sp³-hybridized carbons (Fsp3) is 0.647. The summed E-state index contributed by atoms with van der Waals surface area (Å²) in [5.41, 5.74) is 1.56. The summed E-state index contributed by atoms with van der Waals surface area (Å²) in [5, 5.41) is 0. The molecule has 0 heterocycles. The Kier molecular flexibility index (Phi) is 11.8. The first-order chi connectivity index (χ1) is 10.7. The van der Waals surface area contributed by atoms with Crippen molar-refractivity contribution in [2.24, 2.45) is 0 Å². The Bertz CT molecular complexity index is 392. The Labute approximate surface area is 148 Å². The lowest BCUT2D eigenvalue weighted by Crippen LogP contribution is -2.49. The molecule has 0 N–H and O–H groups in total. The van der Waals surface area contributed by atoms with Gasteiger partial charge in [-0.2, -0.15) is 0 Å². The molecule has 1 aromatic carbocycles. The van der Waals surface area contributed by atoms with Crippen LogP contribution in [0.2, 0.25) is 5.54 Å². The van der Waals surface area contributed by atoms with Crippen LogP contribution in [0.1, 0.15) is 25.8 Å². The summed E-state index contributed by atoms with van der Waals surface area (Å²) < 4.78 is 17.2. The van der Waals surface area contributed by atoms with Gasteiger partial charge in [-0.3, -0.25) is 0 Å². The minimum Gasteiger partial charge on any atom is -0.377 e. The van der Waals surface area contributed by atoms with Gasteiger partial charge in [0.1, 0.15) is 0 Å². The molecule has 6 heteroatoms. The first-order valence-electron chi connectivity index (χ1n) is 8.07. The van der Waals surface area contributed by atoms with Crippen LogP contribution in [-0.4, -0.2) is 54.7 Å². The smallest absolute Gasteiger partial charge is 0.377 e. The summed E-state index contributed by atoms with van der Waals surface area (Å²) in [6.45, 7) is 7.56. The molecule has 1 aromatic rings. The van der Waals surface area contributed by atoms with E-state index in [2.05, 4.69) is 43.0 Å². The second-order valence-corrected chi connectivity index (χ2v) is 8.67. The van der Waals surface area contributed by atoms with Gasteiger partial charge >= 0.3 is 8.80 Å². The van der Waals surface area contributed by atoms with E-state index in [-0.39, 0.29) is 17.9 Å². The summed E-state index contributed by atoms with van der Waals surface area (Å²) >= 11 is 0. The Balaban J connectivity index is 0.00000484. The van der Waals surface area contributed by atoms with Crippen LogP contribution in [0.3, 0.4) is 0 Å². The van der Waals surface area contributed by atoms with Crippen molar-refractivity contribution < 1.29 is 13.3 Å². The predicted octanol–water partition coefficient (Wildman–Crippen LogP) is 3.63. The van der Waals surface area contributed by atoms with Gasteiger partial charge in [-0.05, 0) is 38.0 Å². The van der Waals surface area contributed by atoms with Crippen LogP contribution in [0.25, 0.3) is 0 Å². The van der Waals surface area contributed by atoms with E-state index < -0.39 is 8.80 Å². The summed E-state index contributed by atoms with van der Waals surface area (Å²) in [7, 11) is 2.46. The van der Waals surface area contributed by atoms with Crippen molar-refractivity contribution in [3.8, 4) is 0 Å². The Morgan fingerprint density at radius 2 is 1.48 bits per heavy atom. The molecule has 1 rings (SSSR count). The van der Waals surface area contributed by atoms with Gasteiger partial charge in [0.05, 0.1) is 0 Å². The molecule has 0 radical (unpaired) electrons. The molecular weight excluding hydrogens is 330 g/mol. The number of benzene rings is 1. The topological polar surface area (TPSA) is 30.9 Å². The molecule has 1 unspecified atom stereocenters. The molecule has 0 saturated heterocycles. The van der Waals surface area contributed by atoms with Crippen molar-refractivity contribution >= 4 is 21.2 Å². The minimum absolute atomic E-state index is 0. The van der Waals surface area contributed by atoms with Crippen molar-refractivity contribution in [3.05, 3.63) is 35.9 Å². The maximum Gasteiger partial charge on any atom is 0.503 e. The first kappa shape index (κ1) is 22.6. The highest BCUT2D eigenvalue weighted by Crippen LogP contribution is 2.31. The molecule has 0 fully saturated rings. The highest BCUT2D eigenvalue weighted by atomic mass is 35.5. The third-order valence-electron chi connectivity index (χ3n) is 4.37. The van der Waals surface area contributed by atoms with E-state index in [1.165, 1.54) is 5.56 Å². The lowest BCUT2D eigenvalue weighted by atomic mass is 10.1. The molecule has 0 amide bonds. The van der Waals surface area contributed by atoms with Gasteiger partial charge in [0.15, 0.2) is 0 Å². The summed E-state index contributed by atoms with van der Waals surface area (Å²) in [4.78, 5) is 2.43. The predicted molar refractivity (Wildman–Crippen MR) is 100 cm³/mol. The van der Waals surface area contributed by atoms with Gasteiger partial charge in [0, 0.05) is 26.9 Å². The fourth-order valence-electron chi connectivity index (χ4n) is 2.93. The molecule has 1 atom stereocenters. The zero-order chi connectivity index (χ0) is 16.4. The van der Waals surface area contributed by atoms with Crippen molar-refractivity contribution in [1.82, 2.24) is 4.90 Å². The summed E-state index contributed by atoms with van der Waals surface area (Å²) in [6, 6.07) is 10.5. The second-order valence-electron chi connectivity index (χ2n) is 5.42. The molecule has 0 aromatic heterocycles. The third-order valence-corrected chi connectivity index (χ3v) is 7.57. The van der Waals surface area contributed by atoms with Gasteiger partial charge in [-0.25, -0.2) is 0 Å². The fourth-order valence-corrected chi connectivity index (χ4v) is 5.40. The van der Waals surface area contributed by atoms with Crippen molar-refractivity contribution in [1.29, 1.82) is 0 Å². The molecule has 0 aliphatic heterocycles. The van der Waals surface area contributed by atoms with E-state index in [0.717, 1.165) is 32.5 Å². The molecule has 4 nitrogen and oxygen atoms in total. The van der Waals surface area contributed by atoms with Crippen LogP contribution in [0, 0.1) is 0 Å². The van der Waals surface area contributed by atoms with Gasteiger partial charge < -0.3 is 18.2 Å². The number of hydrogen-bond acceptors (Lipinski definition) is 4. The van der Waals surface area contributed by atoms with Gasteiger partial charge in [0.25, 0.3) is 0 Å². The Morgan fingerprint density at radius 1 is 0.957 bits per heavy atom. The molecule has 0 spiro atoms. The maximum atomic E-state index is 5.75. The van der Waals surface area contributed by atoms with Crippen LogP contribution in [-0.2, 0) is 19.7 Å². The van der Waals surface area contributed by atoms with Crippen LogP contribution in [0.5, 0.6) is 0 Å². The zero-order valence-corrected chi connectivity index (χ0v) is 16.9. The van der Waals surface area contributed by atoms with E-state index in [1.807, 2.05) is 6.07 Å². The van der Waals surface area contributed by atoms with Gasteiger partial charge in [0.2, 0.25) is 0 Å². The largest absolute Gasteiger partial charge is 0.503 e. The van der Waals surface area contributed by atoms with Crippen LogP contribution in [0.4, 0.5) is 0 Å². The number of halogens is 1. The lowest BCUT2D eigenvalue weighted by Gasteiger charge is -2.33. The standard InChI is InChI=1S/C17H31NO3Si.ClH/c1-6-18(7-2)14-13-17(22(19-3,20-4)21-5)15-16-11-9-8-10-12-16;/h8-12,17H,6-7,13-15H2,1-5H3;1H. The maximum absolute atomic E-state index is 5.75. The van der Waals surface area contributed by atoms with E-state index in [9.17, 15) is 0 Å². The Morgan fingerprint density at radius 3 is 1.91 bits per heavy atom. The normalized spacial score (nSPS) is 13.0. The quantitative estimate of drug-likeness (QED) is 0.563. The van der Waals surface area contributed by atoms with Crippen molar-refractivity contribution in [2.45, 2.75) is 32.2 Å². The second kappa shape index (κ2) is 12.0. The highest BCUT2D eigenvalue weighted by molar-refractivity contribution is 6.62. The van der Waals surface area contributed by atoms with Crippen molar-refractivity contribution in [2.75, 3.05) is 41.0 Å². The number of hydrogen-bond donors (Lipinski definition) is 0. The third kappa shape index (κ3) is 6.53. The van der Waals surface area contributed by atoms with Crippen LogP contribution in [0.15, 0.2) is 30.3 Å². The average Bonchev–Trinajstić information content (AvgIpc) is 2.58. The number of nitrogens with zero attached hydrogens (tertiary/aromatic N) is 1. The minimum atomic E-state index is -2.65. The molecular formula is C17H32ClNO3Si. The molecule has 0 saturated carbocycles. The molecule has 0 aliphatic rings. The molecule has 23 heavy (non-hydrogen) atoms. The summed E-state index contributed by atoms with van der Waals surface area (Å²) in [5.74, 6) is 0. The van der Waals surface area contributed by atoms with E-state index in [1.54, 1.807) is 21.3 Å². The first-order valence-corrected chi connectivity index (χ1v) is 9.87. The van der Waals surface area contributed by atoms with E-state index in [4.69, 9.17) is 13.3 Å². The molecule has 134 valence electrons. The van der Waals surface area contributed by atoms with E-state index in [0.29, 0.717) is 0 Å². The van der Waals surface area contributed by atoms with Crippen LogP contribution < -0.4 is 0 Å². The zero-order valence-electron chi connectivity index (χ0n) is 15.1. The monoisotopic (exact) mass is 361 g/mol. The summed E-state index contributed by atoms with van der Waals surface area (Å²) in [6.07, 6.45) is 1.93. The molecule has 0 aliphatic carbocycles. The SMILES string of the molecule is CCN(CC)CCC(Cc1ccccc1)[Si](OC)(OC)OC.Cl. The highest BCUT2D eigenvalue weighted by Gasteiger charge is 2.46. The van der Waals surface area contributed by atoms with Crippen LogP contribution >= 0.6 is 12.4 Å².